The Morgan fingerprint density at radius 3 is 2.56 bits per heavy atom. The molecule has 0 amide bonds. The fourth-order valence-corrected chi connectivity index (χ4v) is 3.50. The molecule has 34 heavy (non-hydrogen) atoms. The number of morpholine rings is 1. The molecule has 3 aromatic rings. The second-order valence-electron chi connectivity index (χ2n) is 7.59. The summed E-state index contributed by atoms with van der Waals surface area (Å²) in [5.41, 5.74) is 6.61. The molecule has 1 aliphatic rings. The van der Waals surface area contributed by atoms with Crippen molar-refractivity contribution < 1.29 is 28.4 Å². The molecule has 4 rings (SSSR count). The molecule has 1 saturated heterocycles. The molecule has 3 N–H and O–H groups in total. The maximum atomic E-state index is 14.2. The van der Waals surface area contributed by atoms with Crippen LogP contribution in [0.5, 0.6) is 23.0 Å². The number of pyridine rings is 1. The summed E-state index contributed by atoms with van der Waals surface area (Å²) in [6, 6.07) is 9.60. The summed E-state index contributed by atoms with van der Waals surface area (Å²) in [6.45, 7) is 6.95. The largest absolute Gasteiger partial charge is 0.493 e. The standard InChI is InChI=1S/C23H26FN3O4.C2H6O/c1-28-22-14-17-19(15-23(22)30-10-2-7-27-8-11-29-12-9-27)26-6-5-20(17)31-21-4-3-16(25)13-18(21)24;1-2-3/h3-6,13-15H,2,7-12,25H2,1H3;3H,2H2,1H3. The van der Waals surface area contributed by atoms with Crippen molar-refractivity contribution >= 4 is 16.6 Å². The lowest BCUT2D eigenvalue weighted by Crippen LogP contribution is -2.37. The molecular formula is C25H32FN3O5. The number of aliphatic hydroxyl groups is 1. The van der Waals surface area contributed by atoms with Crippen LogP contribution in [0.15, 0.2) is 42.6 Å². The molecule has 0 bridgehead atoms. The molecule has 1 aliphatic heterocycles. The van der Waals surface area contributed by atoms with E-state index in [9.17, 15) is 4.39 Å². The van der Waals surface area contributed by atoms with E-state index in [1.807, 2.05) is 6.07 Å². The van der Waals surface area contributed by atoms with Crippen LogP contribution in [0.4, 0.5) is 10.1 Å². The number of fused-ring (bicyclic) bond motifs is 1. The third-order valence-electron chi connectivity index (χ3n) is 5.14. The number of anilines is 1. The molecule has 0 unspecified atom stereocenters. The first-order chi connectivity index (χ1) is 16.5. The average molecular weight is 474 g/mol. The van der Waals surface area contributed by atoms with Crippen LogP contribution in [0.1, 0.15) is 13.3 Å². The number of hydrogen-bond acceptors (Lipinski definition) is 8. The monoisotopic (exact) mass is 473 g/mol. The smallest absolute Gasteiger partial charge is 0.167 e. The van der Waals surface area contributed by atoms with Crippen LogP contribution in [0.3, 0.4) is 0 Å². The van der Waals surface area contributed by atoms with Gasteiger partial charge in [-0.05, 0) is 37.6 Å². The molecule has 0 aliphatic carbocycles. The predicted molar refractivity (Wildman–Crippen MR) is 129 cm³/mol. The van der Waals surface area contributed by atoms with Gasteiger partial charge in [0.1, 0.15) is 5.75 Å². The van der Waals surface area contributed by atoms with Gasteiger partial charge in [-0.3, -0.25) is 9.88 Å². The minimum absolute atomic E-state index is 0.0871. The second-order valence-corrected chi connectivity index (χ2v) is 7.59. The predicted octanol–water partition coefficient (Wildman–Crippen LogP) is 3.86. The first kappa shape index (κ1) is 25.5. The van der Waals surface area contributed by atoms with E-state index in [2.05, 4.69) is 9.88 Å². The average Bonchev–Trinajstić information content (AvgIpc) is 2.84. The molecule has 0 radical (unpaired) electrons. The van der Waals surface area contributed by atoms with E-state index in [1.165, 1.54) is 12.1 Å². The summed E-state index contributed by atoms with van der Waals surface area (Å²) in [5.74, 6) is 1.20. The summed E-state index contributed by atoms with van der Waals surface area (Å²) in [4.78, 5) is 6.77. The van der Waals surface area contributed by atoms with Gasteiger partial charge in [0.15, 0.2) is 23.1 Å². The Kier molecular flexibility index (Phi) is 9.69. The van der Waals surface area contributed by atoms with Crippen molar-refractivity contribution in [1.82, 2.24) is 9.88 Å². The number of aromatic nitrogens is 1. The minimum atomic E-state index is -0.530. The van der Waals surface area contributed by atoms with Gasteiger partial charge in [0.05, 0.1) is 32.4 Å². The van der Waals surface area contributed by atoms with Gasteiger partial charge >= 0.3 is 0 Å². The number of aliphatic hydroxyl groups excluding tert-OH is 1. The zero-order chi connectivity index (χ0) is 24.3. The summed E-state index contributed by atoms with van der Waals surface area (Å²) in [6.07, 6.45) is 2.51. The van der Waals surface area contributed by atoms with Crippen LogP contribution in [0.2, 0.25) is 0 Å². The van der Waals surface area contributed by atoms with E-state index in [-0.39, 0.29) is 12.4 Å². The number of ether oxygens (including phenoxy) is 4. The number of nitrogen functional groups attached to an aromatic ring is 1. The summed E-state index contributed by atoms with van der Waals surface area (Å²) >= 11 is 0. The third kappa shape index (κ3) is 6.93. The molecule has 0 saturated carbocycles. The van der Waals surface area contributed by atoms with E-state index >= 15 is 0 Å². The van der Waals surface area contributed by atoms with Crippen molar-refractivity contribution in [3.63, 3.8) is 0 Å². The summed E-state index contributed by atoms with van der Waals surface area (Å²) in [5, 5.41) is 8.26. The second kappa shape index (κ2) is 12.9. The van der Waals surface area contributed by atoms with Crippen molar-refractivity contribution in [1.29, 1.82) is 0 Å². The highest BCUT2D eigenvalue weighted by Crippen LogP contribution is 2.37. The fraction of sp³-hybridized carbons (Fsp3) is 0.400. The van der Waals surface area contributed by atoms with Crippen molar-refractivity contribution in [3.8, 4) is 23.0 Å². The number of hydrogen-bond donors (Lipinski definition) is 2. The Morgan fingerprint density at radius 1 is 1.09 bits per heavy atom. The van der Waals surface area contributed by atoms with Crippen LogP contribution >= 0.6 is 0 Å². The lowest BCUT2D eigenvalue weighted by molar-refractivity contribution is 0.0357. The number of benzene rings is 2. The normalized spacial score (nSPS) is 13.8. The third-order valence-corrected chi connectivity index (χ3v) is 5.14. The molecule has 2 aromatic carbocycles. The molecule has 0 spiro atoms. The number of methoxy groups -OCH3 is 1. The van der Waals surface area contributed by atoms with E-state index in [0.717, 1.165) is 39.3 Å². The van der Waals surface area contributed by atoms with Crippen molar-refractivity contribution in [2.24, 2.45) is 0 Å². The highest BCUT2D eigenvalue weighted by molar-refractivity contribution is 5.88. The van der Waals surface area contributed by atoms with Crippen LogP contribution in [0, 0.1) is 5.82 Å². The minimum Gasteiger partial charge on any atom is -0.493 e. The molecule has 184 valence electrons. The highest BCUT2D eigenvalue weighted by atomic mass is 19.1. The van der Waals surface area contributed by atoms with E-state index in [0.29, 0.717) is 40.4 Å². The number of nitrogens with zero attached hydrogens (tertiary/aromatic N) is 2. The maximum Gasteiger partial charge on any atom is 0.167 e. The first-order valence-electron chi connectivity index (χ1n) is 11.3. The maximum absolute atomic E-state index is 14.2. The van der Waals surface area contributed by atoms with Gasteiger partial charge in [-0.25, -0.2) is 4.39 Å². The topological polar surface area (TPSA) is 99.3 Å². The molecule has 1 aromatic heterocycles. The molecule has 1 fully saturated rings. The van der Waals surface area contributed by atoms with Crippen LogP contribution < -0.4 is 19.9 Å². The van der Waals surface area contributed by atoms with Crippen LogP contribution in [0.25, 0.3) is 10.9 Å². The Balaban J connectivity index is 0.00000103. The fourth-order valence-electron chi connectivity index (χ4n) is 3.50. The molecule has 2 heterocycles. The zero-order valence-electron chi connectivity index (χ0n) is 19.6. The van der Waals surface area contributed by atoms with Gasteiger partial charge in [0, 0.05) is 55.6 Å². The van der Waals surface area contributed by atoms with Crippen LogP contribution in [-0.4, -0.2) is 68.2 Å². The lowest BCUT2D eigenvalue weighted by Gasteiger charge is -2.26. The summed E-state index contributed by atoms with van der Waals surface area (Å²) < 4.78 is 36.8. The van der Waals surface area contributed by atoms with Gasteiger partial charge in [0.2, 0.25) is 0 Å². The lowest BCUT2D eigenvalue weighted by atomic mass is 10.1. The van der Waals surface area contributed by atoms with Gasteiger partial charge < -0.3 is 29.8 Å². The zero-order valence-corrected chi connectivity index (χ0v) is 19.6. The number of halogens is 1. The molecule has 8 nitrogen and oxygen atoms in total. The highest BCUT2D eigenvalue weighted by Gasteiger charge is 2.14. The van der Waals surface area contributed by atoms with E-state index in [4.69, 9.17) is 29.8 Å². The SMILES string of the molecule is CCO.COc1cc2c(Oc3ccc(N)cc3F)ccnc2cc1OCCCN1CCOCC1. The molecular weight excluding hydrogens is 441 g/mol. The van der Waals surface area contributed by atoms with Gasteiger partial charge in [-0.2, -0.15) is 0 Å². The van der Waals surface area contributed by atoms with Gasteiger partial charge in [0.25, 0.3) is 0 Å². The van der Waals surface area contributed by atoms with E-state index in [1.54, 1.807) is 38.4 Å². The Morgan fingerprint density at radius 2 is 1.85 bits per heavy atom. The Hall–Kier alpha value is -3.14. The van der Waals surface area contributed by atoms with Gasteiger partial charge in [-0.15, -0.1) is 0 Å². The first-order valence-corrected chi connectivity index (χ1v) is 11.3. The quantitative estimate of drug-likeness (QED) is 0.376. The summed E-state index contributed by atoms with van der Waals surface area (Å²) in [7, 11) is 1.58. The van der Waals surface area contributed by atoms with Crippen molar-refractivity contribution in [2.45, 2.75) is 13.3 Å². The Bertz CT molecular complexity index is 1060. The van der Waals surface area contributed by atoms with E-state index < -0.39 is 5.82 Å². The van der Waals surface area contributed by atoms with Crippen molar-refractivity contribution in [3.05, 3.63) is 48.4 Å². The Labute approximate surface area is 199 Å². The molecule has 9 heteroatoms. The number of nitrogens with two attached hydrogens (primary N) is 1. The van der Waals surface area contributed by atoms with Crippen LogP contribution in [-0.2, 0) is 4.74 Å². The molecule has 0 atom stereocenters. The number of rotatable bonds is 8. The van der Waals surface area contributed by atoms with Crippen molar-refractivity contribution in [2.75, 3.05) is 58.9 Å². The van der Waals surface area contributed by atoms with Gasteiger partial charge in [-0.1, -0.05) is 0 Å².